The molecule has 1 aliphatic rings. The monoisotopic (exact) mass is 414 g/mol. The first-order valence-electron chi connectivity index (χ1n) is 8.30. The molecule has 0 bridgehead atoms. The smallest absolute Gasteiger partial charge is 0.280 e. The van der Waals surface area contributed by atoms with Gasteiger partial charge in [0, 0.05) is 0 Å². The number of para-hydroxylation sites is 1. The number of phenolic OH excluding ortho intramolecular Hbond substituents is 1. The van der Waals surface area contributed by atoms with E-state index in [4.69, 9.17) is 4.74 Å². The van der Waals surface area contributed by atoms with E-state index in [9.17, 15) is 9.90 Å². The second kappa shape index (κ2) is 7.74. The second-order valence-corrected chi connectivity index (χ2v) is 6.72. The lowest BCUT2D eigenvalue weighted by Gasteiger charge is -2.11. The summed E-state index contributed by atoms with van der Waals surface area (Å²) in [5, 5.41) is 15.9. The number of hydrogen-bond donors (Lipinski definition) is 1. The van der Waals surface area contributed by atoms with Crippen LogP contribution < -0.4 is 9.75 Å². The van der Waals surface area contributed by atoms with Gasteiger partial charge in [0.15, 0.2) is 11.5 Å². The fourth-order valence-corrected chi connectivity index (χ4v) is 3.23. The van der Waals surface area contributed by atoms with Crippen molar-refractivity contribution in [2.45, 2.75) is 19.8 Å². The number of benzene rings is 2. The van der Waals surface area contributed by atoms with Crippen LogP contribution in [-0.4, -0.2) is 23.8 Å². The van der Waals surface area contributed by atoms with Crippen LogP contribution in [0.1, 0.15) is 25.3 Å². The molecule has 134 valence electrons. The summed E-state index contributed by atoms with van der Waals surface area (Å²) >= 11 is 3.31. The molecule has 2 aromatic carbocycles. The lowest BCUT2D eigenvalue weighted by atomic mass is 10.0. The maximum Gasteiger partial charge on any atom is 0.280 e. The molecule has 1 N–H and O–H groups in total. The fourth-order valence-electron chi connectivity index (χ4n) is 2.77. The van der Waals surface area contributed by atoms with E-state index in [1.165, 1.54) is 12.1 Å². The first-order chi connectivity index (χ1) is 12.5. The molecule has 6 heteroatoms. The quantitative estimate of drug-likeness (QED) is 0.717. The summed E-state index contributed by atoms with van der Waals surface area (Å²) in [5.41, 5.74) is 2.78. The van der Waals surface area contributed by atoms with Crippen molar-refractivity contribution in [1.29, 1.82) is 0 Å². The summed E-state index contributed by atoms with van der Waals surface area (Å²) in [6.07, 6.45) is 3.37. The van der Waals surface area contributed by atoms with Crippen LogP contribution in [0.2, 0.25) is 0 Å². The zero-order valence-electron chi connectivity index (χ0n) is 14.6. The zero-order chi connectivity index (χ0) is 18.7. The molecule has 0 aromatic heterocycles. The largest absolute Gasteiger partial charge is 0.503 e. The highest BCUT2D eigenvalue weighted by atomic mass is 79.9. The van der Waals surface area contributed by atoms with E-state index in [1.54, 1.807) is 18.2 Å². The van der Waals surface area contributed by atoms with Gasteiger partial charge in [-0.15, -0.1) is 0 Å². The number of ether oxygens (including phenoxy) is 1. The summed E-state index contributed by atoms with van der Waals surface area (Å²) in [5.74, 6) is 0.203. The van der Waals surface area contributed by atoms with E-state index in [1.807, 2.05) is 30.3 Å². The molecule has 0 radical (unpaired) electrons. The van der Waals surface area contributed by atoms with E-state index in [-0.39, 0.29) is 11.7 Å². The predicted molar refractivity (Wildman–Crippen MR) is 107 cm³/mol. The number of carbonyl (C=O) groups is 1. The minimum Gasteiger partial charge on any atom is -0.503 e. The molecular formula is C20H19BrN2O3. The Hall–Kier alpha value is -2.60. The van der Waals surface area contributed by atoms with Crippen LogP contribution >= 0.6 is 15.9 Å². The SMILES string of the molecule is CCCC1=NN(c2ccccc2)C(=O)C1=Cc1cc(Br)c(O)c(OC)c1. The Labute approximate surface area is 160 Å². The molecule has 5 nitrogen and oxygen atoms in total. The number of hydrogen-bond acceptors (Lipinski definition) is 4. The molecule has 2 aromatic rings. The average Bonchev–Trinajstić information content (AvgIpc) is 2.95. The highest BCUT2D eigenvalue weighted by Gasteiger charge is 2.30. The molecule has 26 heavy (non-hydrogen) atoms. The van der Waals surface area contributed by atoms with Crippen LogP contribution in [0.5, 0.6) is 11.5 Å². The van der Waals surface area contributed by atoms with Crippen molar-refractivity contribution in [2.75, 3.05) is 12.1 Å². The summed E-state index contributed by atoms with van der Waals surface area (Å²) < 4.78 is 5.69. The van der Waals surface area contributed by atoms with Crippen molar-refractivity contribution in [2.24, 2.45) is 5.10 Å². The van der Waals surface area contributed by atoms with Crippen LogP contribution in [0.3, 0.4) is 0 Å². The number of nitrogens with zero attached hydrogens (tertiary/aromatic N) is 2. The Morgan fingerprint density at radius 1 is 1.27 bits per heavy atom. The maximum atomic E-state index is 13.0. The Morgan fingerprint density at radius 2 is 2.00 bits per heavy atom. The Balaban J connectivity index is 2.03. The minimum atomic E-state index is -0.164. The van der Waals surface area contributed by atoms with Gasteiger partial charge in [-0.1, -0.05) is 31.5 Å². The Morgan fingerprint density at radius 3 is 2.65 bits per heavy atom. The standard InChI is InChI=1S/C20H19BrN2O3/c1-3-7-17-15(10-13-11-16(21)19(24)18(12-13)26-2)20(25)23(22-17)14-8-5-4-6-9-14/h4-6,8-12,24H,3,7H2,1-2H3. The fraction of sp³-hybridized carbons (Fsp3) is 0.200. The number of hydrazone groups is 1. The first-order valence-corrected chi connectivity index (χ1v) is 9.10. The van der Waals surface area contributed by atoms with Crippen molar-refractivity contribution < 1.29 is 14.6 Å². The van der Waals surface area contributed by atoms with E-state index < -0.39 is 0 Å². The van der Waals surface area contributed by atoms with Crippen LogP contribution in [0, 0.1) is 0 Å². The normalized spacial score (nSPS) is 15.5. The second-order valence-electron chi connectivity index (χ2n) is 5.86. The number of amides is 1. The first kappa shape index (κ1) is 18.2. The minimum absolute atomic E-state index is 0.0285. The van der Waals surface area contributed by atoms with Gasteiger partial charge in [-0.05, 0) is 58.3 Å². The maximum absolute atomic E-state index is 13.0. The molecule has 0 saturated heterocycles. The van der Waals surface area contributed by atoms with E-state index in [0.717, 1.165) is 23.4 Å². The molecular weight excluding hydrogens is 396 g/mol. The van der Waals surface area contributed by atoms with Gasteiger partial charge in [0.25, 0.3) is 5.91 Å². The number of rotatable bonds is 5. The van der Waals surface area contributed by atoms with Crippen LogP contribution in [0.25, 0.3) is 6.08 Å². The summed E-state index contributed by atoms with van der Waals surface area (Å²) in [7, 11) is 1.49. The highest BCUT2D eigenvalue weighted by Crippen LogP contribution is 2.36. The van der Waals surface area contributed by atoms with Crippen molar-refractivity contribution in [3.05, 3.63) is 58.1 Å². The summed E-state index contributed by atoms with van der Waals surface area (Å²) in [6, 6.07) is 12.8. The van der Waals surface area contributed by atoms with E-state index in [2.05, 4.69) is 28.0 Å². The molecule has 0 spiro atoms. The molecule has 0 aliphatic carbocycles. The molecule has 1 amide bonds. The Kier molecular flexibility index (Phi) is 5.42. The molecule has 1 heterocycles. The van der Waals surface area contributed by atoms with Gasteiger partial charge >= 0.3 is 0 Å². The van der Waals surface area contributed by atoms with E-state index >= 15 is 0 Å². The Bertz CT molecular complexity index is 891. The number of halogens is 1. The number of carbonyl (C=O) groups excluding carboxylic acids is 1. The number of anilines is 1. The third-order valence-electron chi connectivity index (χ3n) is 4.02. The topological polar surface area (TPSA) is 62.1 Å². The van der Waals surface area contributed by atoms with Gasteiger partial charge in [-0.3, -0.25) is 4.79 Å². The van der Waals surface area contributed by atoms with Gasteiger partial charge in [0.1, 0.15) is 0 Å². The molecule has 3 rings (SSSR count). The van der Waals surface area contributed by atoms with E-state index in [0.29, 0.717) is 22.2 Å². The molecule has 0 atom stereocenters. The van der Waals surface area contributed by atoms with Gasteiger partial charge in [-0.2, -0.15) is 10.1 Å². The van der Waals surface area contributed by atoms with Crippen LogP contribution in [-0.2, 0) is 4.79 Å². The number of phenols is 1. The number of aromatic hydroxyl groups is 1. The van der Waals surface area contributed by atoms with Crippen LogP contribution in [0.4, 0.5) is 5.69 Å². The highest BCUT2D eigenvalue weighted by molar-refractivity contribution is 9.10. The van der Waals surface area contributed by atoms with Crippen molar-refractivity contribution in [1.82, 2.24) is 0 Å². The van der Waals surface area contributed by atoms with Gasteiger partial charge < -0.3 is 9.84 Å². The van der Waals surface area contributed by atoms with Crippen molar-refractivity contribution in [3.63, 3.8) is 0 Å². The average molecular weight is 415 g/mol. The third kappa shape index (κ3) is 3.51. The zero-order valence-corrected chi connectivity index (χ0v) is 16.2. The van der Waals surface area contributed by atoms with Gasteiger partial charge in [0.05, 0.1) is 28.6 Å². The van der Waals surface area contributed by atoms with Gasteiger partial charge in [0.2, 0.25) is 0 Å². The van der Waals surface area contributed by atoms with Crippen molar-refractivity contribution in [3.8, 4) is 11.5 Å². The lowest BCUT2D eigenvalue weighted by Crippen LogP contribution is -2.21. The molecule has 0 fully saturated rings. The summed E-state index contributed by atoms with van der Waals surface area (Å²) in [4.78, 5) is 13.0. The summed E-state index contributed by atoms with van der Waals surface area (Å²) in [6.45, 7) is 2.05. The van der Waals surface area contributed by atoms with Crippen molar-refractivity contribution >= 4 is 39.3 Å². The van der Waals surface area contributed by atoms with Crippen LogP contribution in [0.15, 0.2) is 57.6 Å². The predicted octanol–water partition coefficient (Wildman–Crippen LogP) is 4.75. The lowest BCUT2D eigenvalue weighted by molar-refractivity contribution is -0.114. The molecule has 0 saturated carbocycles. The molecule has 1 aliphatic heterocycles. The van der Waals surface area contributed by atoms with Gasteiger partial charge in [-0.25, -0.2) is 0 Å². The third-order valence-corrected chi connectivity index (χ3v) is 4.63. The molecule has 0 unspecified atom stereocenters. The number of methoxy groups -OCH3 is 1.